The van der Waals surface area contributed by atoms with Crippen molar-refractivity contribution in [3.05, 3.63) is 29.8 Å². The van der Waals surface area contributed by atoms with Crippen molar-refractivity contribution in [2.75, 3.05) is 13.7 Å². The van der Waals surface area contributed by atoms with Crippen LogP contribution in [0.25, 0.3) is 0 Å². The summed E-state index contributed by atoms with van der Waals surface area (Å²) in [5.41, 5.74) is 6.56. The molecule has 108 valence electrons. The summed E-state index contributed by atoms with van der Waals surface area (Å²) in [6.45, 7) is 1.12. The molecule has 0 aromatic heterocycles. The van der Waals surface area contributed by atoms with E-state index in [-0.39, 0.29) is 11.8 Å². The van der Waals surface area contributed by atoms with E-state index in [0.29, 0.717) is 24.5 Å². The van der Waals surface area contributed by atoms with Crippen LogP contribution in [0.5, 0.6) is 5.75 Å². The first-order chi connectivity index (χ1) is 9.61. The van der Waals surface area contributed by atoms with E-state index >= 15 is 0 Å². The average molecular weight is 292 g/mol. The summed E-state index contributed by atoms with van der Waals surface area (Å²) in [4.78, 5) is 14.6. The maximum absolute atomic E-state index is 12.3. The van der Waals surface area contributed by atoms with Gasteiger partial charge in [0.2, 0.25) is 5.91 Å². The number of thiocarbonyl (C=S) groups is 1. The number of nitrogens with zero attached hydrogens (tertiary/aromatic N) is 1. The fourth-order valence-electron chi connectivity index (χ4n) is 2.14. The zero-order chi connectivity index (χ0) is 14.5. The highest BCUT2D eigenvalue weighted by Gasteiger charge is 2.33. The Labute approximate surface area is 124 Å². The quantitative estimate of drug-likeness (QED) is 0.782. The molecule has 1 aromatic rings. The highest BCUT2D eigenvalue weighted by atomic mass is 32.1. The zero-order valence-corrected chi connectivity index (χ0v) is 12.5. The minimum atomic E-state index is 0.191. The molecular weight excluding hydrogens is 272 g/mol. The number of hydrogen-bond donors (Lipinski definition) is 1. The molecule has 20 heavy (non-hydrogen) atoms. The minimum Gasteiger partial charge on any atom is -0.496 e. The second kappa shape index (κ2) is 6.70. The van der Waals surface area contributed by atoms with Gasteiger partial charge in [-0.25, -0.2) is 0 Å². The molecule has 0 heterocycles. The second-order valence-electron chi connectivity index (χ2n) is 5.06. The lowest BCUT2D eigenvalue weighted by molar-refractivity contribution is -0.133. The van der Waals surface area contributed by atoms with Crippen LogP contribution < -0.4 is 10.5 Å². The van der Waals surface area contributed by atoms with Gasteiger partial charge in [0.25, 0.3) is 0 Å². The number of hydrogen-bond acceptors (Lipinski definition) is 3. The van der Waals surface area contributed by atoms with E-state index < -0.39 is 0 Å². The van der Waals surface area contributed by atoms with Crippen molar-refractivity contribution in [3.8, 4) is 5.75 Å². The maximum atomic E-state index is 12.3. The third kappa shape index (κ3) is 3.93. The van der Waals surface area contributed by atoms with E-state index in [1.807, 2.05) is 29.2 Å². The molecule has 2 N–H and O–H groups in total. The summed E-state index contributed by atoms with van der Waals surface area (Å²) in [6, 6.07) is 7.76. The summed E-state index contributed by atoms with van der Waals surface area (Å²) in [7, 11) is 1.64. The van der Waals surface area contributed by atoms with Crippen molar-refractivity contribution >= 4 is 23.1 Å². The van der Waals surface area contributed by atoms with E-state index in [1.54, 1.807) is 7.11 Å². The first kappa shape index (κ1) is 14.8. The van der Waals surface area contributed by atoms with Crippen molar-refractivity contribution in [2.24, 2.45) is 11.7 Å². The number of rotatable bonds is 7. The van der Waals surface area contributed by atoms with Crippen molar-refractivity contribution < 1.29 is 9.53 Å². The lowest BCUT2D eigenvalue weighted by atomic mass is 10.1. The highest BCUT2D eigenvalue weighted by molar-refractivity contribution is 7.80. The van der Waals surface area contributed by atoms with Gasteiger partial charge in [0, 0.05) is 31.0 Å². The number of ether oxygens (including phenoxy) is 1. The SMILES string of the molecule is COc1ccccc1CN(CCC(N)=S)C(=O)C1CC1. The van der Waals surface area contributed by atoms with Gasteiger partial charge in [0.1, 0.15) is 5.75 Å². The van der Waals surface area contributed by atoms with Gasteiger partial charge in [-0.2, -0.15) is 0 Å². The fourth-order valence-corrected chi connectivity index (χ4v) is 2.23. The predicted molar refractivity (Wildman–Crippen MR) is 82.5 cm³/mol. The standard InChI is InChI=1S/C15H20N2O2S/c1-19-13-5-3-2-4-12(13)10-17(9-8-14(16)20)15(18)11-6-7-11/h2-5,11H,6-10H2,1H3,(H2,16,20). The molecule has 2 rings (SSSR count). The molecule has 1 amide bonds. The third-order valence-electron chi connectivity index (χ3n) is 3.42. The fraction of sp³-hybridized carbons (Fsp3) is 0.467. The molecule has 1 aliphatic carbocycles. The van der Waals surface area contributed by atoms with Crippen LogP contribution >= 0.6 is 12.2 Å². The largest absolute Gasteiger partial charge is 0.496 e. The van der Waals surface area contributed by atoms with Gasteiger partial charge in [-0.3, -0.25) is 4.79 Å². The van der Waals surface area contributed by atoms with Gasteiger partial charge in [0.15, 0.2) is 0 Å². The number of carbonyl (C=O) groups excluding carboxylic acids is 1. The maximum Gasteiger partial charge on any atom is 0.225 e. The minimum absolute atomic E-state index is 0.191. The molecule has 0 unspecified atom stereocenters. The van der Waals surface area contributed by atoms with Crippen LogP contribution in [0.1, 0.15) is 24.8 Å². The van der Waals surface area contributed by atoms with Gasteiger partial charge in [-0.15, -0.1) is 0 Å². The molecule has 0 radical (unpaired) electrons. The Morgan fingerprint density at radius 2 is 2.15 bits per heavy atom. The molecule has 1 aromatic carbocycles. The third-order valence-corrected chi connectivity index (χ3v) is 3.62. The molecule has 1 saturated carbocycles. The van der Waals surface area contributed by atoms with Gasteiger partial charge in [-0.1, -0.05) is 30.4 Å². The van der Waals surface area contributed by atoms with Crippen LogP contribution in [0.15, 0.2) is 24.3 Å². The van der Waals surface area contributed by atoms with Gasteiger partial charge >= 0.3 is 0 Å². The molecular formula is C15H20N2O2S. The van der Waals surface area contributed by atoms with Crippen LogP contribution in [-0.4, -0.2) is 29.5 Å². The first-order valence-electron chi connectivity index (χ1n) is 6.80. The van der Waals surface area contributed by atoms with E-state index in [9.17, 15) is 4.79 Å². The summed E-state index contributed by atoms with van der Waals surface area (Å²) < 4.78 is 5.34. The molecule has 4 nitrogen and oxygen atoms in total. The van der Waals surface area contributed by atoms with Crippen LogP contribution in [-0.2, 0) is 11.3 Å². The number of para-hydroxylation sites is 1. The normalized spacial score (nSPS) is 13.8. The number of methoxy groups -OCH3 is 1. The van der Waals surface area contributed by atoms with Crippen molar-refractivity contribution in [1.29, 1.82) is 0 Å². The van der Waals surface area contributed by atoms with Crippen LogP contribution in [0.3, 0.4) is 0 Å². The molecule has 0 saturated heterocycles. The average Bonchev–Trinajstić information content (AvgIpc) is 3.27. The van der Waals surface area contributed by atoms with E-state index in [4.69, 9.17) is 22.7 Å². The smallest absolute Gasteiger partial charge is 0.225 e. The Hall–Kier alpha value is -1.62. The van der Waals surface area contributed by atoms with E-state index in [1.165, 1.54) is 0 Å². The van der Waals surface area contributed by atoms with Gasteiger partial charge in [0.05, 0.1) is 12.1 Å². The highest BCUT2D eigenvalue weighted by Crippen LogP contribution is 2.32. The second-order valence-corrected chi connectivity index (χ2v) is 5.59. The van der Waals surface area contributed by atoms with E-state index in [0.717, 1.165) is 24.2 Å². The Balaban J connectivity index is 2.09. The van der Waals surface area contributed by atoms with Gasteiger partial charge in [-0.05, 0) is 18.9 Å². The van der Waals surface area contributed by atoms with Crippen LogP contribution in [0.4, 0.5) is 0 Å². The molecule has 5 heteroatoms. The lowest BCUT2D eigenvalue weighted by Gasteiger charge is -2.23. The molecule has 1 aliphatic rings. The topological polar surface area (TPSA) is 55.6 Å². The summed E-state index contributed by atoms with van der Waals surface area (Å²) >= 11 is 4.91. The molecule has 0 atom stereocenters. The summed E-state index contributed by atoms with van der Waals surface area (Å²) in [5.74, 6) is 1.19. The summed E-state index contributed by atoms with van der Waals surface area (Å²) in [5, 5.41) is 0. The molecule has 1 fully saturated rings. The number of nitrogens with two attached hydrogens (primary N) is 1. The Kier molecular flexibility index (Phi) is 4.95. The predicted octanol–water partition coefficient (Wildman–Crippen LogP) is 2.11. The Morgan fingerprint density at radius 3 is 2.75 bits per heavy atom. The van der Waals surface area contributed by atoms with E-state index in [2.05, 4.69) is 0 Å². The number of benzene rings is 1. The van der Waals surface area contributed by atoms with Crippen molar-refractivity contribution in [2.45, 2.75) is 25.8 Å². The molecule has 0 aliphatic heterocycles. The van der Waals surface area contributed by atoms with Gasteiger partial charge < -0.3 is 15.4 Å². The first-order valence-corrected chi connectivity index (χ1v) is 7.21. The van der Waals surface area contributed by atoms with Crippen LogP contribution in [0, 0.1) is 5.92 Å². The molecule has 0 bridgehead atoms. The zero-order valence-electron chi connectivity index (χ0n) is 11.7. The lowest BCUT2D eigenvalue weighted by Crippen LogP contribution is -2.34. The van der Waals surface area contributed by atoms with Crippen molar-refractivity contribution in [1.82, 2.24) is 4.90 Å². The monoisotopic (exact) mass is 292 g/mol. The number of amides is 1. The number of carbonyl (C=O) groups is 1. The van der Waals surface area contributed by atoms with Crippen molar-refractivity contribution in [3.63, 3.8) is 0 Å². The molecule has 0 spiro atoms. The Morgan fingerprint density at radius 1 is 1.45 bits per heavy atom. The Bertz CT molecular complexity index is 500. The summed E-state index contributed by atoms with van der Waals surface area (Å²) in [6.07, 6.45) is 2.55. The van der Waals surface area contributed by atoms with Crippen LogP contribution in [0.2, 0.25) is 0 Å².